The molecule has 0 radical (unpaired) electrons. The molecule has 2 N–H and O–H groups in total. The third-order valence-corrected chi connectivity index (χ3v) is 3.79. The van der Waals surface area contributed by atoms with Crippen LogP contribution in [0.4, 0.5) is 5.69 Å². The van der Waals surface area contributed by atoms with Gasteiger partial charge in [-0.2, -0.15) is 0 Å². The Bertz CT molecular complexity index is 554. The van der Waals surface area contributed by atoms with Gasteiger partial charge in [0.15, 0.2) is 0 Å². The topological polar surface area (TPSA) is 73.1 Å². The Morgan fingerprint density at radius 2 is 2.21 bits per heavy atom. The third-order valence-electron chi connectivity index (χ3n) is 3.79. The molecule has 5 heteroatoms. The summed E-state index contributed by atoms with van der Waals surface area (Å²) in [6.07, 6.45) is 4.84. The van der Waals surface area contributed by atoms with Gasteiger partial charge < -0.3 is 15.1 Å². The fourth-order valence-corrected chi connectivity index (χ4v) is 2.71. The van der Waals surface area contributed by atoms with E-state index in [0.29, 0.717) is 16.8 Å². The maximum Gasteiger partial charge on any atom is 0.256 e. The summed E-state index contributed by atoms with van der Waals surface area (Å²) in [6, 6.07) is 3.04. The molecule has 1 atom stereocenters. The van der Waals surface area contributed by atoms with E-state index in [1.54, 1.807) is 12.3 Å². The molecule has 5 nitrogen and oxygen atoms in total. The third kappa shape index (κ3) is 2.00. The molecule has 1 saturated heterocycles. The molecular weight excluding hydrogens is 244 g/mol. The summed E-state index contributed by atoms with van der Waals surface area (Å²) in [5, 5.41) is 18.9. The average molecular weight is 260 g/mol. The van der Waals surface area contributed by atoms with Crippen LogP contribution in [0.15, 0.2) is 17.1 Å². The number of carbonyl (C=O) groups is 1. The Morgan fingerprint density at radius 3 is 3.00 bits per heavy atom. The first kappa shape index (κ1) is 12.2. The molecule has 0 aliphatic carbocycles. The molecule has 1 amide bonds. The number of aliphatic hydroxyl groups excluding tert-OH is 1. The smallest absolute Gasteiger partial charge is 0.256 e. The number of hydrogen-bond donors (Lipinski definition) is 2. The van der Waals surface area contributed by atoms with Gasteiger partial charge in [-0.05, 0) is 25.3 Å². The summed E-state index contributed by atoms with van der Waals surface area (Å²) in [5.74, 6) is -0.0852. The van der Waals surface area contributed by atoms with E-state index in [1.165, 1.54) is 6.07 Å². The summed E-state index contributed by atoms with van der Waals surface area (Å²) in [6.45, 7) is 0.448. The Balaban J connectivity index is 2.09. The zero-order valence-corrected chi connectivity index (χ0v) is 10.5. The number of amides is 1. The first-order valence-electron chi connectivity index (χ1n) is 6.52. The number of carbonyl (C=O) groups excluding carboxylic acids is 1. The van der Waals surface area contributed by atoms with Crippen LogP contribution in [0.2, 0.25) is 0 Å². The van der Waals surface area contributed by atoms with Crippen LogP contribution in [0, 0.1) is 0 Å². The Hall–Kier alpha value is -1.88. The first-order chi connectivity index (χ1) is 9.20. The minimum absolute atomic E-state index is 0.0222. The highest BCUT2D eigenvalue weighted by atomic mass is 16.3. The largest absolute Gasteiger partial charge is 0.508 e. The van der Waals surface area contributed by atoms with Crippen LogP contribution in [0.1, 0.15) is 35.2 Å². The van der Waals surface area contributed by atoms with E-state index < -0.39 is 0 Å². The second kappa shape index (κ2) is 4.66. The van der Waals surface area contributed by atoms with Gasteiger partial charge in [-0.25, -0.2) is 0 Å². The SMILES string of the molecule is O=C1c2cc(CO)c(O)cc2N=C[C@@H]2CCCCN12. The highest BCUT2D eigenvalue weighted by Gasteiger charge is 2.30. The second-order valence-corrected chi connectivity index (χ2v) is 5.00. The summed E-state index contributed by atoms with van der Waals surface area (Å²) in [4.78, 5) is 18.7. The van der Waals surface area contributed by atoms with Gasteiger partial charge in [0.25, 0.3) is 5.91 Å². The number of aliphatic imine (C=N–C) groups is 1. The number of aromatic hydroxyl groups is 1. The maximum absolute atomic E-state index is 12.5. The lowest BCUT2D eigenvalue weighted by molar-refractivity contribution is 0.0688. The molecule has 0 spiro atoms. The van der Waals surface area contributed by atoms with Gasteiger partial charge >= 0.3 is 0 Å². The Kier molecular flexibility index (Phi) is 2.98. The average Bonchev–Trinajstić information content (AvgIpc) is 2.57. The Labute approximate surface area is 111 Å². The second-order valence-electron chi connectivity index (χ2n) is 5.00. The number of fused-ring (bicyclic) bond motifs is 2. The van der Waals surface area contributed by atoms with Crippen LogP contribution in [-0.4, -0.2) is 39.8 Å². The quantitative estimate of drug-likeness (QED) is 0.805. The number of nitrogens with zero attached hydrogens (tertiary/aromatic N) is 2. The van der Waals surface area contributed by atoms with Crippen LogP contribution >= 0.6 is 0 Å². The van der Waals surface area contributed by atoms with Crippen LogP contribution in [-0.2, 0) is 6.61 Å². The van der Waals surface area contributed by atoms with Gasteiger partial charge in [0.2, 0.25) is 0 Å². The van der Waals surface area contributed by atoms with Crippen molar-refractivity contribution in [2.24, 2.45) is 4.99 Å². The van der Waals surface area contributed by atoms with Crippen LogP contribution in [0.25, 0.3) is 0 Å². The summed E-state index contributed by atoms with van der Waals surface area (Å²) in [5.41, 5.74) is 1.30. The molecule has 0 aromatic heterocycles. The van der Waals surface area contributed by atoms with Gasteiger partial charge in [0.05, 0.1) is 23.9 Å². The zero-order valence-electron chi connectivity index (χ0n) is 10.5. The van der Waals surface area contributed by atoms with Crippen molar-refractivity contribution >= 4 is 17.8 Å². The molecule has 100 valence electrons. The maximum atomic E-state index is 12.5. The molecule has 1 fully saturated rings. The Morgan fingerprint density at radius 1 is 1.37 bits per heavy atom. The molecule has 2 aliphatic rings. The van der Waals surface area contributed by atoms with E-state index in [2.05, 4.69) is 4.99 Å². The molecule has 1 aromatic carbocycles. The minimum atomic E-state index is -0.292. The van der Waals surface area contributed by atoms with Crippen molar-refractivity contribution in [2.75, 3.05) is 6.54 Å². The molecular formula is C14H16N2O3. The number of benzene rings is 1. The lowest BCUT2D eigenvalue weighted by atomic mass is 10.0. The lowest BCUT2D eigenvalue weighted by Crippen LogP contribution is -2.43. The van der Waals surface area contributed by atoms with Gasteiger partial charge in [-0.15, -0.1) is 0 Å². The molecule has 0 unspecified atom stereocenters. The van der Waals surface area contributed by atoms with Crippen molar-refractivity contribution in [2.45, 2.75) is 31.9 Å². The number of phenols is 1. The molecule has 3 rings (SSSR count). The number of hydrogen-bond acceptors (Lipinski definition) is 4. The summed E-state index contributed by atoms with van der Waals surface area (Å²) < 4.78 is 0. The van der Waals surface area contributed by atoms with Crippen molar-refractivity contribution in [1.29, 1.82) is 0 Å². The first-order valence-corrected chi connectivity index (χ1v) is 6.52. The number of aliphatic hydroxyl groups is 1. The fourth-order valence-electron chi connectivity index (χ4n) is 2.71. The number of rotatable bonds is 1. The highest BCUT2D eigenvalue weighted by molar-refractivity contribution is 6.03. The van der Waals surface area contributed by atoms with Gasteiger partial charge in [-0.1, -0.05) is 0 Å². The monoisotopic (exact) mass is 260 g/mol. The van der Waals surface area contributed by atoms with E-state index in [4.69, 9.17) is 0 Å². The molecule has 0 bridgehead atoms. The predicted octanol–water partition coefficient (Wildman–Crippen LogP) is 1.60. The van der Waals surface area contributed by atoms with Crippen LogP contribution in [0.5, 0.6) is 5.75 Å². The van der Waals surface area contributed by atoms with Crippen molar-refractivity contribution < 1.29 is 15.0 Å². The van der Waals surface area contributed by atoms with Crippen LogP contribution < -0.4 is 0 Å². The van der Waals surface area contributed by atoms with E-state index >= 15 is 0 Å². The molecule has 0 saturated carbocycles. The van der Waals surface area contributed by atoms with Crippen molar-refractivity contribution in [3.05, 3.63) is 23.3 Å². The van der Waals surface area contributed by atoms with Gasteiger partial charge in [-0.3, -0.25) is 9.79 Å². The van der Waals surface area contributed by atoms with Crippen LogP contribution in [0.3, 0.4) is 0 Å². The van der Waals surface area contributed by atoms with Gasteiger partial charge in [0, 0.05) is 24.4 Å². The van der Waals surface area contributed by atoms with E-state index in [1.807, 2.05) is 4.90 Å². The molecule has 19 heavy (non-hydrogen) atoms. The fraction of sp³-hybridized carbons (Fsp3) is 0.429. The standard InChI is InChI=1S/C14H16N2O3/c17-8-9-5-11-12(6-13(9)18)15-7-10-3-1-2-4-16(10)14(11)19/h5-7,10,17-18H,1-4,8H2/t10-/m0/s1. The molecule has 1 aromatic rings. The van der Waals surface area contributed by atoms with Crippen molar-refractivity contribution in [1.82, 2.24) is 4.90 Å². The van der Waals surface area contributed by atoms with Gasteiger partial charge in [0.1, 0.15) is 5.75 Å². The normalized spacial score (nSPS) is 21.8. The summed E-state index contributed by atoms with van der Waals surface area (Å²) >= 11 is 0. The van der Waals surface area contributed by atoms with E-state index in [-0.39, 0.29) is 24.3 Å². The van der Waals surface area contributed by atoms with Crippen molar-refractivity contribution in [3.8, 4) is 5.75 Å². The number of piperidine rings is 1. The zero-order chi connectivity index (χ0) is 13.4. The predicted molar refractivity (Wildman–Crippen MR) is 70.9 cm³/mol. The summed E-state index contributed by atoms with van der Waals surface area (Å²) in [7, 11) is 0. The van der Waals surface area contributed by atoms with E-state index in [0.717, 1.165) is 25.8 Å². The molecule has 2 heterocycles. The minimum Gasteiger partial charge on any atom is -0.508 e. The van der Waals surface area contributed by atoms with E-state index in [9.17, 15) is 15.0 Å². The highest BCUT2D eigenvalue weighted by Crippen LogP contribution is 2.33. The lowest BCUT2D eigenvalue weighted by Gasteiger charge is -2.32. The molecule has 2 aliphatic heterocycles. The van der Waals surface area contributed by atoms with Crippen molar-refractivity contribution in [3.63, 3.8) is 0 Å².